The van der Waals surface area contributed by atoms with E-state index < -0.39 is 21.8 Å². The van der Waals surface area contributed by atoms with Gasteiger partial charge >= 0.3 is 6.09 Å². The lowest BCUT2D eigenvalue weighted by Crippen LogP contribution is -2.34. The van der Waals surface area contributed by atoms with Gasteiger partial charge in [0.15, 0.2) is 11.5 Å². The molecule has 40 heavy (non-hydrogen) atoms. The van der Waals surface area contributed by atoms with E-state index in [1.165, 1.54) is 6.33 Å². The number of carbonyl (C=O) groups is 1. The molecule has 0 aliphatic rings. The summed E-state index contributed by atoms with van der Waals surface area (Å²) in [7, 11) is -2.05. The highest BCUT2D eigenvalue weighted by molar-refractivity contribution is 7.85. The van der Waals surface area contributed by atoms with Crippen LogP contribution in [-0.4, -0.2) is 56.6 Å². The number of alkyl carbamates (subject to hydrolysis) is 1. The molecule has 1 aromatic heterocycles. The Morgan fingerprint density at radius 2 is 1.82 bits per heavy atom. The van der Waals surface area contributed by atoms with Crippen LogP contribution in [-0.2, 0) is 32.1 Å². The zero-order valence-electron chi connectivity index (χ0n) is 23.0. The molecule has 0 spiro atoms. The minimum absolute atomic E-state index is 0.179. The Hall–Kier alpha value is -3.61. The molecule has 1 amide bonds. The zero-order chi connectivity index (χ0) is 29.3. The molecule has 0 aliphatic heterocycles. The number of nitrogens with zero attached hydrogens (tertiary/aromatic N) is 2. The van der Waals surface area contributed by atoms with Crippen molar-refractivity contribution in [1.29, 1.82) is 0 Å². The summed E-state index contributed by atoms with van der Waals surface area (Å²) in [6, 6.07) is 12.5. The van der Waals surface area contributed by atoms with Crippen molar-refractivity contribution >= 4 is 39.3 Å². The molecule has 1 heterocycles. The van der Waals surface area contributed by atoms with Crippen LogP contribution >= 0.6 is 11.6 Å². The molecule has 0 aliphatic carbocycles. The lowest BCUT2D eigenvalue weighted by atomic mass is 10.1. The monoisotopic (exact) mass is 592 g/mol. The van der Waals surface area contributed by atoms with Gasteiger partial charge < -0.3 is 24.8 Å². The number of amides is 1. The van der Waals surface area contributed by atoms with Gasteiger partial charge in [0.05, 0.1) is 32.2 Å². The van der Waals surface area contributed by atoms with Gasteiger partial charge in [0.2, 0.25) is 0 Å². The molecule has 11 nitrogen and oxygen atoms in total. The second kappa shape index (κ2) is 13.6. The van der Waals surface area contributed by atoms with E-state index in [0.717, 1.165) is 17.5 Å². The van der Waals surface area contributed by atoms with Gasteiger partial charge in [-0.05, 0) is 62.2 Å². The van der Waals surface area contributed by atoms with E-state index >= 15 is 0 Å². The molecule has 3 rings (SSSR count). The normalized spacial score (nSPS) is 11.6. The van der Waals surface area contributed by atoms with Crippen LogP contribution in [0.15, 0.2) is 48.8 Å². The highest BCUT2D eigenvalue weighted by Gasteiger charge is 2.16. The molecule has 0 atom stereocenters. The average Bonchev–Trinajstić information content (AvgIpc) is 2.86. The molecular formula is C27H33ClN4O7S. The van der Waals surface area contributed by atoms with Crippen LogP contribution in [0.5, 0.6) is 11.5 Å². The topological polar surface area (TPSA) is 138 Å². The van der Waals surface area contributed by atoms with E-state index in [1.807, 2.05) is 12.1 Å². The number of methoxy groups -OCH3 is 1. The fourth-order valence-corrected chi connectivity index (χ4v) is 3.94. The highest BCUT2D eigenvalue weighted by atomic mass is 35.5. The number of carbonyl (C=O) groups excluding carboxylic acids is 1. The van der Waals surface area contributed by atoms with Gasteiger partial charge in [0.1, 0.15) is 24.4 Å². The maximum atomic E-state index is 11.8. The van der Waals surface area contributed by atoms with Gasteiger partial charge in [-0.2, -0.15) is 8.42 Å². The Morgan fingerprint density at radius 1 is 1.05 bits per heavy atom. The molecule has 0 saturated carbocycles. The van der Waals surface area contributed by atoms with Gasteiger partial charge in [-0.25, -0.2) is 14.8 Å². The molecule has 0 bridgehead atoms. The summed E-state index contributed by atoms with van der Waals surface area (Å²) in [6.45, 7) is 5.69. The summed E-state index contributed by atoms with van der Waals surface area (Å²) < 4.78 is 44.0. The molecule has 216 valence electrons. The fourth-order valence-electron chi connectivity index (χ4n) is 3.43. The fraction of sp³-hybridized carbons (Fsp3) is 0.370. The number of hydrogen-bond acceptors (Lipinski definition) is 10. The SMILES string of the molecule is COc1ccc(Cc2cc(Nc3ccc(Cl)c(COS(C)(=O)=O)c3)ncn2)cc1OCCNC(=O)OC(C)(C)C. The summed E-state index contributed by atoms with van der Waals surface area (Å²) in [5.41, 5.74) is 2.26. The summed E-state index contributed by atoms with van der Waals surface area (Å²) in [5, 5.41) is 6.22. The number of anilines is 2. The molecule has 2 N–H and O–H groups in total. The van der Waals surface area contributed by atoms with Crippen LogP contribution in [0, 0.1) is 0 Å². The highest BCUT2D eigenvalue weighted by Crippen LogP contribution is 2.29. The summed E-state index contributed by atoms with van der Waals surface area (Å²) >= 11 is 6.18. The van der Waals surface area contributed by atoms with Crippen molar-refractivity contribution in [3.8, 4) is 11.5 Å². The number of ether oxygens (including phenoxy) is 3. The molecule has 0 saturated heterocycles. The predicted octanol–water partition coefficient (Wildman–Crippen LogP) is 4.85. The third-order valence-corrected chi connectivity index (χ3v) is 6.03. The van der Waals surface area contributed by atoms with E-state index in [9.17, 15) is 13.2 Å². The predicted molar refractivity (Wildman–Crippen MR) is 152 cm³/mol. The van der Waals surface area contributed by atoms with Crippen LogP contribution in [0.4, 0.5) is 16.3 Å². The molecule has 3 aromatic rings. The second-order valence-corrected chi connectivity index (χ2v) is 11.8. The van der Waals surface area contributed by atoms with Crippen LogP contribution < -0.4 is 20.1 Å². The van der Waals surface area contributed by atoms with Crippen LogP contribution in [0.25, 0.3) is 0 Å². The van der Waals surface area contributed by atoms with Crippen LogP contribution in [0.3, 0.4) is 0 Å². The summed E-state index contributed by atoms with van der Waals surface area (Å²) in [4.78, 5) is 20.5. The van der Waals surface area contributed by atoms with Crippen molar-refractivity contribution in [3.63, 3.8) is 0 Å². The first-order valence-electron chi connectivity index (χ1n) is 12.3. The van der Waals surface area contributed by atoms with Crippen molar-refractivity contribution in [1.82, 2.24) is 15.3 Å². The Labute approximate surface area is 239 Å². The Balaban J connectivity index is 1.64. The van der Waals surface area contributed by atoms with E-state index in [1.54, 1.807) is 58.2 Å². The first-order chi connectivity index (χ1) is 18.8. The quantitative estimate of drug-likeness (QED) is 0.222. The third kappa shape index (κ3) is 10.5. The Bertz CT molecular complexity index is 1430. The summed E-state index contributed by atoms with van der Waals surface area (Å²) in [6.07, 6.45) is 2.40. The summed E-state index contributed by atoms with van der Waals surface area (Å²) in [5.74, 6) is 1.63. The van der Waals surface area contributed by atoms with E-state index in [4.69, 9.17) is 30.0 Å². The molecule has 0 fully saturated rings. The number of aromatic nitrogens is 2. The third-order valence-electron chi connectivity index (χ3n) is 5.11. The first-order valence-corrected chi connectivity index (χ1v) is 14.5. The van der Waals surface area contributed by atoms with Crippen molar-refractivity contribution in [2.75, 3.05) is 31.8 Å². The van der Waals surface area contributed by atoms with Crippen LogP contribution in [0.2, 0.25) is 5.02 Å². The minimum atomic E-state index is -3.61. The maximum Gasteiger partial charge on any atom is 0.407 e. The molecule has 0 radical (unpaired) electrons. The van der Waals surface area contributed by atoms with Crippen LogP contribution in [0.1, 0.15) is 37.6 Å². The number of benzene rings is 2. The maximum absolute atomic E-state index is 11.8. The first kappa shape index (κ1) is 30.9. The number of rotatable bonds is 12. The van der Waals surface area contributed by atoms with Gasteiger partial charge in [-0.3, -0.25) is 4.18 Å². The van der Waals surface area contributed by atoms with E-state index in [-0.39, 0.29) is 19.8 Å². The molecule has 13 heteroatoms. The molecule has 2 aromatic carbocycles. The molecular weight excluding hydrogens is 560 g/mol. The minimum Gasteiger partial charge on any atom is -0.493 e. The number of halogens is 1. The average molecular weight is 593 g/mol. The van der Waals surface area contributed by atoms with Crippen molar-refractivity contribution in [2.24, 2.45) is 0 Å². The zero-order valence-corrected chi connectivity index (χ0v) is 24.6. The van der Waals surface area contributed by atoms with Crippen molar-refractivity contribution in [2.45, 2.75) is 39.4 Å². The Kier molecular flexibility index (Phi) is 10.5. The van der Waals surface area contributed by atoms with Gasteiger partial charge in [-0.15, -0.1) is 0 Å². The standard InChI is InChI=1S/C27H33ClN4O7S/c1-27(2,3)39-26(33)29-10-11-37-24-13-18(6-9-23(24)36-4)12-21-15-25(31-17-30-21)32-20-7-8-22(28)19(14-20)16-38-40(5,34)35/h6-9,13-15,17H,10-12,16H2,1-5H3,(H,29,33)(H,30,31,32). The Morgan fingerprint density at radius 3 is 2.52 bits per heavy atom. The number of hydrogen-bond donors (Lipinski definition) is 2. The van der Waals surface area contributed by atoms with Gasteiger partial charge in [0.25, 0.3) is 10.1 Å². The van der Waals surface area contributed by atoms with E-state index in [2.05, 4.69) is 20.6 Å². The smallest absolute Gasteiger partial charge is 0.407 e. The number of nitrogens with one attached hydrogen (secondary N) is 2. The largest absolute Gasteiger partial charge is 0.493 e. The molecule has 0 unspecified atom stereocenters. The van der Waals surface area contributed by atoms with Crippen molar-refractivity contribution in [3.05, 3.63) is 70.6 Å². The lowest BCUT2D eigenvalue weighted by molar-refractivity contribution is 0.0520. The lowest BCUT2D eigenvalue weighted by Gasteiger charge is -2.19. The van der Waals surface area contributed by atoms with Gasteiger partial charge in [-0.1, -0.05) is 17.7 Å². The van der Waals surface area contributed by atoms with Crippen molar-refractivity contribution < 1.29 is 31.6 Å². The van der Waals surface area contributed by atoms with E-state index in [0.29, 0.717) is 40.0 Å². The second-order valence-electron chi connectivity index (χ2n) is 9.73. The van der Waals surface area contributed by atoms with Gasteiger partial charge in [0, 0.05) is 23.2 Å².